The molecule has 112 valence electrons. The van der Waals surface area contributed by atoms with Crippen molar-refractivity contribution in [2.24, 2.45) is 5.92 Å². The van der Waals surface area contributed by atoms with Crippen molar-refractivity contribution in [2.45, 2.75) is 52.1 Å². The van der Waals surface area contributed by atoms with E-state index in [1.54, 1.807) is 0 Å². The summed E-state index contributed by atoms with van der Waals surface area (Å²) in [7, 11) is 2.08. The first-order valence-corrected chi connectivity index (χ1v) is 8.13. The molecule has 2 heteroatoms. The third kappa shape index (κ3) is 3.62. The van der Waals surface area contributed by atoms with Crippen LogP contribution in [-0.2, 0) is 0 Å². The molecule has 20 heavy (non-hydrogen) atoms. The van der Waals surface area contributed by atoms with Gasteiger partial charge in [-0.1, -0.05) is 43.2 Å². The van der Waals surface area contributed by atoms with Crippen molar-refractivity contribution < 1.29 is 0 Å². The minimum absolute atomic E-state index is 0.425. The summed E-state index contributed by atoms with van der Waals surface area (Å²) in [6, 6.07) is 9.96. The molecule has 0 spiro atoms. The van der Waals surface area contributed by atoms with Crippen LogP contribution in [0.25, 0.3) is 0 Å². The quantitative estimate of drug-likeness (QED) is 0.879. The zero-order chi connectivity index (χ0) is 14.5. The van der Waals surface area contributed by atoms with E-state index in [0.717, 1.165) is 5.92 Å². The van der Waals surface area contributed by atoms with Crippen LogP contribution >= 0.6 is 0 Å². The Balaban J connectivity index is 2.02. The highest BCUT2D eigenvalue weighted by Gasteiger charge is 2.27. The van der Waals surface area contributed by atoms with Crippen LogP contribution in [-0.4, -0.2) is 31.1 Å². The Morgan fingerprint density at radius 2 is 1.80 bits per heavy atom. The van der Waals surface area contributed by atoms with Gasteiger partial charge in [0.1, 0.15) is 0 Å². The maximum absolute atomic E-state index is 3.52. The smallest absolute Gasteiger partial charge is 0.0473 e. The lowest BCUT2D eigenvalue weighted by atomic mass is 9.91. The molecule has 1 aliphatic heterocycles. The molecule has 2 unspecified atom stereocenters. The van der Waals surface area contributed by atoms with Crippen LogP contribution in [0.3, 0.4) is 0 Å². The molecule has 0 radical (unpaired) electrons. The van der Waals surface area contributed by atoms with E-state index in [0.29, 0.717) is 12.1 Å². The fraction of sp³-hybridized carbons (Fsp3) is 0.667. The van der Waals surface area contributed by atoms with Gasteiger partial charge in [-0.2, -0.15) is 0 Å². The maximum atomic E-state index is 3.52. The number of piperidine rings is 1. The van der Waals surface area contributed by atoms with Crippen LogP contribution in [0.4, 0.5) is 0 Å². The Morgan fingerprint density at radius 3 is 2.30 bits per heavy atom. The van der Waals surface area contributed by atoms with Gasteiger partial charge in [-0.05, 0) is 58.3 Å². The van der Waals surface area contributed by atoms with Gasteiger partial charge in [0.05, 0.1) is 0 Å². The standard InChI is InChI=1S/C18H30N2/c1-5-16-10-12-20(13-11-16)15(3)18(19-4)17-8-6-14(2)7-9-17/h6-9,15-16,18-19H,5,10-13H2,1-4H3. The molecule has 2 rings (SSSR count). The molecule has 1 saturated heterocycles. The first-order valence-electron chi connectivity index (χ1n) is 8.13. The maximum Gasteiger partial charge on any atom is 0.0473 e. The molecule has 1 fully saturated rings. The van der Waals surface area contributed by atoms with E-state index < -0.39 is 0 Å². The summed E-state index contributed by atoms with van der Waals surface area (Å²) < 4.78 is 0. The summed E-state index contributed by atoms with van der Waals surface area (Å²) in [6.45, 7) is 9.35. The van der Waals surface area contributed by atoms with Gasteiger partial charge >= 0.3 is 0 Å². The summed E-state index contributed by atoms with van der Waals surface area (Å²) in [6.07, 6.45) is 4.08. The van der Waals surface area contributed by atoms with Gasteiger partial charge in [0.15, 0.2) is 0 Å². The minimum atomic E-state index is 0.425. The van der Waals surface area contributed by atoms with Gasteiger partial charge in [0, 0.05) is 12.1 Å². The third-order valence-electron chi connectivity index (χ3n) is 5.03. The molecule has 1 N–H and O–H groups in total. The Hall–Kier alpha value is -0.860. The van der Waals surface area contributed by atoms with Crippen LogP contribution in [0.5, 0.6) is 0 Å². The topological polar surface area (TPSA) is 15.3 Å². The average molecular weight is 274 g/mol. The van der Waals surface area contributed by atoms with Crippen molar-refractivity contribution in [1.82, 2.24) is 10.2 Å². The first kappa shape index (κ1) is 15.5. The molecule has 2 atom stereocenters. The molecule has 0 bridgehead atoms. The fourth-order valence-corrected chi connectivity index (χ4v) is 3.44. The zero-order valence-corrected chi connectivity index (χ0v) is 13.5. The number of aryl methyl sites for hydroxylation is 1. The number of nitrogens with one attached hydrogen (secondary N) is 1. The summed E-state index contributed by atoms with van der Waals surface area (Å²) in [5.41, 5.74) is 2.74. The first-order chi connectivity index (χ1) is 9.65. The molecule has 0 amide bonds. The number of benzene rings is 1. The lowest BCUT2D eigenvalue weighted by Gasteiger charge is -2.39. The number of likely N-dealkylation sites (tertiary alicyclic amines) is 1. The van der Waals surface area contributed by atoms with Crippen LogP contribution < -0.4 is 5.32 Å². The van der Waals surface area contributed by atoms with E-state index >= 15 is 0 Å². The number of nitrogens with zero attached hydrogens (tertiary/aromatic N) is 1. The largest absolute Gasteiger partial charge is 0.312 e. The molecule has 2 nitrogen and oxygen atoms in total. The highest BCUT2D eigenvalue weighted by molar-refractivity contribution is 5.25. The number of rotatable bonds is 5. The van der Waals surface area contributed by atoms with E-state index in [9.17, 15) is 0 Å². The Kier molecular flexibility index (Phi) is 5.62. The van der Waals surface area contributed by atoms with Gasteiger partial charge in [-0.3, -0.25) is 4.90 Å². The molecular formula is C18H30N2. The van der Waals surface area contributed by atoms with E-state index in [1.807, 2.05) is 0 Å². The monoisotopic (exact) mass is 274 g/mol. The molecule has 1 heterocycles. The Bertz CT molecular complexity index is 390. The van der Waals surface area contributed by atoms with Gasteiger partial charge in [0.2, 0.25) is 0 Å². The van der Waals surface area contributed by atoms with Crippen molar-refractivity contribution in [1.29, 1.82) is 0 Å². The summed E-state index contributed by atoms with van der Waals surface area (Å²) in [5, 5.41) is 3.52. The molecule has 1 aromatic rings. The van der Waals surface area contributed by atoms with Gasteiger partial charge in [0.25, 0.3) is 0 Å². The van der Waals surface area contributed by atoms with E-state index in [4.69, 9.17) is 0 Å². The number of likely N-dealkylation sites (N-methyl/N-ethyl adjacent to an activating group) is 1. The summed E-state index contributed by atoms with van der Waals surface area (Å²) in [4.78, 5) is 2.66. The van der Waals surface area contributed by atoms with Crippen molar-refractivity contribution in [2.75, 3.05) is 20.1 Å². The van der Waals surface area contributed by atoms with E-state index in [1.165, 1.54) is 43.5 Å². The van der Waals surface area contributed by atoms with Crippen molar-refractivity contribution in [3.05, 3.63) is 35.4 Å². The molecule has 0 aliphatic carbocycles. The molecule has 0 aromatic heterocycles. The molecule has 1 aliphatic rings. The van der Waals surface area contributed by atoms with Gasteiger partial charge in [-0.25, -0.2) is 0 Å². The van der Waals surface area contributed by atoms with E-state index in [2.05, 4.69) is 62.3 Å². The lowest BCUT2D eigenvalue weighted by molar-refractivity contribution is 0.116. The Labute approximate surface area is 124 Å². The molecular weight excluding hydrogens is 244 g/mol. The molecule has 1 aromatic carbocycles. The Morgan fingerprint density at radius 1 is 1.20 bits per heavy atom. The lowest BCUT2D eigenvalue weighted by Crippen LogP contribution is -2.45. The van der Waals surface area contributed by atoms with Gasteiger partial charge in [-0.15, -0.1) is 0 Å². The van der Waals surface area contributed by atoms with Crippen LogP contribution in [0.15, 0.2) is 24.3 Å². The highest BCUT2D eigenvalue weighted by Crippen LogP contribution is 2.27. The minimum Gasteiger partial charge on any atom is -0.312 e. The van der Waals surface area contributed by atoms with Crippen LogP contribution in [0.1, 0.15) is 50.3 Å². The predicted octanol–water partition coefficient (Wildman–Crippen LogP) is 3.77. The van der Waals surface area contributed by atoms with E-state index in [-0.39, 0.29) is 0 Å². The second-order valence-electron chi connectivity index (χ2n) is 6.31. The zero-order valence-electron chi connectivity index (χ0n) is 13.5. The summed E-state index contributed by atoms with van der Waals surface area (Å²) >= 11 is 0. The van der Waals surface area contributed by atoms with Crippen molar-refractivity contribution in [3.63, 3.8) is 0 Å². The number of hydrogen-bond acceptors (Lipinski definition) is 2. The van der Waals surface area contributed by atoms with Crippen molar-refractivity contribution in [3.8, 4) is 0 Å². The van der Waals surface area contributed by atoms with Crippen LogP contribution in [0, 0.1) is 12.8 Å². The van der Waals surface area contributed by atoms with Crippen molar-refractivity contribution >= 4 is 0 Å². The third-order valence-corrected chi connectivity index (χ3v) is 5.03. The molecule has 0 saturated carbocycles. The predicted molar refractivity (Wildman–Crippen MR) is 87.0 cm³/mol. The highest BCUT2D eigenvalue weighted by atomic mass is 15.2. The normalized spacial score (nSPS) is 20.8. The second kappa shape index (κ2) is 7.24. The SMILES string of the molecule is CCC1CCN(C(C)C(NC)c2ccc(C)cc2)CC1. The fourth-order valence-electron chi connectivity index (χ4n) is 3.44. The summed E-state index contributed by atoms with van der Waals surface area (Å²) in [5.74, 6) is 0.950. The average Bonchev–Trinajstić information content (AvgIpc) is 2.50. The second-order valence-corrected chi connectivity index (χ2v) is 6.31. The van der Waals surface area contributed by atoms with Gasteiger partial charge < -0.3 is 5.32 Å². The number of hydrogen-bond donors (Lipinski definition) is 1. The van der Waals surface area contributed by atoms with Crippen LogP contribution in [0.2, 0.25) is 0 Å².